The van der Waals surface area contributed by atoms with Crippen molar-refractivity contribution in [1.82, 2.24) is 5.06 Å². The highest BCUT2D eigenvalue weighted by Crippen LogP contribution is 2.18. The minimum atomic E-state index is -0.445. The van der Waals surface area contributed by atoms with E-state index in [2.05, 4.69) is 0 Å². The van der Waals surface area contributed by atoms with Crippen LogP contribution in [-0.4, -0.2) is 36.9 Å². The van der Waals surface area contributed by atoms with Gasteiger partial charge in [-0.2, -0.15) is 5.06 Å². The highest BCUT2D eigenvalue weighted by molar-refractivity contribution is 5.95. The smallest absolute Gasteiger partial charge is 0.335 e. The molecule has 0 saturated carbocycles. The highest BCUT2D eigenvalue weighted by Gasteiger charge is 2.11. The molecule has 2 rings (SSSR count). The Morgan fingerprint density at radius 1 is 1.25 bits per heavy atom. The summed E-state index contributed by atoms with van der Waals surface area (Å²) in [6, 6.07) is 13.9. The molecule has 20 heavy (non-hydrogen) atoms. The van der Waals surface area contributed by atoms with Crippen LogP contribution in [0.2, 0.25) is 0 Å². The summed E-state index contributed by atoms with van der Waals surface area (Å²) in [5, 5.41) is 12.5. The zero-order valence-electron chi connectivity index (χ0n) is 11.5. The van der Waals surface area contributed by atoms with E-state index in [0.717, 1.165) is 21.4 Å². The fourth-order valence-electron chi connectivity index (χ4n) is 2.05. The molecule has 0 aromatic heterocycles. The number of rotatable bonds is 4. The fourth-order valence-corrected chi connectivity index (χ4v) is 2.05. The van der Waals surface area contributed by atoms with Gasteiger partial charge in [0.15, 0.2) is 0 Å². The first kappa shape index (κ1) is 14.2. The normalized spacial score (nSPS) is 11.9. The molecule has 2 aromatic carbocycles. The summed E-state index contributed by atoms with van der Waals surface area (Å²) in [6.45, 7) is 0.111. The zero-order chi connectivity index (χ0) is 14.5. The Balaban J connectivity index is 2.39. The molecule has 0 fully saturated rings. The molecule has 0 amide bonds. The van der Waals surface area contributed by atoms with E-state index in [-0.39, 0.29) is 6.54 Å². The molecule has 1 N–H and O–H groups in total. The Kier molecular flexibility index (Phi) is 4.50. The lowest BCUT2D eigenvalue weighted by molar-refractivity contribution is -0.137. The lowest BCUT2D eigenvalue weighted by atomic mass is 10.0. The first-order chi connectivity index (χ1) is 9.60. The average molecular weight is 271 g/mol. The van der Waals surface area contributed by atoms with Crippen molar-refractivity contribution in [2.45, 2.75) is 0 Å². The maximum atomic E-state index is 11.7. The number of fused-ring (bicyclic) bond motifs is 1. The van der Waals surface area contributed by atoms with E-state index in [1.54, 1.807) is 6.08 Å². The number of benzene rings is 2. The van der Waals surface area contributed by atoms with E-state index in [1.165, 1.54) is 14.2 Å². The van der Waals surface area contributed by atoms with Crippen LogP contribution in [0.15, 0.2) is 48.0 Å². The molecule has 0 atom stereocenters. The van der Waals surface area contributed by atoms with Crippen LogP contribution >= 0.6 is 0 Å². The summed E-state index contributed by atoms with van der Waals surface area (Å²) in [6.07, 6.45) is 1.73. The monoisotopic (exact) mass is 271 g/mol. The van der Waals surface area contributed by atoms with E-state index in [1.807, 2.05) is 42.5 Å². The molecule has 4 heteroatoms. The molecule has 0 aliphatic heterocycles. The van der Waals surface area contributed by atoms with Crippen molar-refractivity contribution in [1.29, 1.82) is 0 Å². The molecule has 0 heterocycles. The lowest BCUT2D eigenvalue weighted by Gasteiger charge is -2.10. The summed E-state index contributed by atoms with van der Waals surface area (Å²) in [5.41, 5.74) is 1.29. The van der Waals surface area contributed by atoms with Gasteiger partial charge < -0.3 is 9.94 Å². The summed E-state index contributed by atoms with van der Waals surface area (Å²) < 4.78 is 4.73. The third-order valence-electron chi connectivity index (χ3n) is 2.96. The minimum Gasteiger partial charge on any atom is -0.466 e. The van der Waals surface area contributed by atoms with Gasteiger partial charge in [-0.05, 0) is 28.5 Å². The van der Waals surface area contributed by atoms with E-state index in [0.29, 0.717) is 5.57 Å². The fraction of sp³-hybridized carbons (Fsp3) is 0.188. The Morgan fingerprint density at radius 2 is 1.95 bits per heavy atom. The third kappa shape index (κ3) is 3.44. The van der Waals surface area contributed by atoms with Crippen molar-refractivity contribution in [3.05, 3.63) is 53.6 Å². The number of hydroxylamine groups is 2. The number of carbonyl (C=O) groups is 1. The van der Waals surface area contributed by atoms with Gasteiger partial charge in [0, 0.05) is 7.05 Å². The van der Waals surface area contributed by atoms with Gasteiger partial charge in [-0.3, -0.25) is 0 Å². The van der Waals surface area contributed by atoms with Crippen LogP contribution in [0.25, 0.3) is 16.8 Å². The van der Waals surface area contributed by atoms with Gasteiger partial charge in [-0.25, -0.2) is 4.79 Å². The first-order valence-electron chi connectivity index (χ1n) is 6.28. The van der Waals surface area contributed by atoms with Gasteiger partial charge in [-0.15, -0.1) is 0 Å². The van der Waals surface area contributed by atoms with Crippen LogP contribution in [0, 0.1) is 0 Å². The Bertz CT molecular complexity index is 647. The van der Waals surface area contributed by atoms with Crippen molar-refractivity contribution in [2.75, 3.05) is 20.7 Å². The van der Waals surface area contributed by atoms with Crippen LogP contribution in [0.5, 0.6) is 0 Å². The van der Waals surface area contributed by atoms with Crippen molar-refractivity contribution >= 4 is 22.8 Å². The topological polar surface area (TPSA) is 49.8 Å². The summed E-state index contributed by atoms with van der Waals surface area (Å²) in [5.74, 6) is -0.445. The number of carbonyl (C=O) groups excluding carboxylic acids is 1. The molecule has 0 aliphatic carbocycles. The number of hydrogen-bond acceptors (Lipinski definition) is 4. The molecule has 0 spiro atoms. The average Bonchev–Trinajstić information content (AvgIpc) is 2.45. The first-order valence-corrected chi connectivity index (χ1v) is 6.28. The van der Waals surface area contributed by atoms with Crippen molar-refractivity contribution < 1.29 is 14.7 Å². The molecule has 2 aromatic rings. The Hall–Kier alpha value is -2.17. The SMILES string of the molecule is COC(=O)/C(=C/c1ccc2ccccc2c1)CN(C)O. The second-order valence-corrected chi connectivity index (χ2v) is 4.58. The molecule has 0 bridgehead atoms. The van der Waals surface area contributed by atoms with E-state index >= 15 is 0 Å². The predicted molar refractivity (Wildman–Crippen MR) is 78.4 cm³/mol. The molecular weight excluding hydrogens is 254 g/mol. The van der Waals surface area contributed by atoms with Crippen molar-refractivity contribution in [2.24, 2.45) is 0 Å². The second-order valence-electron chi connectivity index (χ2n) is 4.58. The maximum Gasteiger partial charge on any atom is 0.335 e. The number of likely N-dealkylation sites (N-methyl/N-ethyl adjacent to an activating group) is 1. The Labute approximate surface area is 117 Å². The lowest BCUT2D eigenvalue weighted by Crippen LogP contribution is -2.21. The molecule has 0 radical (unpaired) electrons. The quantitative estimate of drug-likeness (QED) is 0.528. The number of ether oxygens (including phenoxy) is 1. The van der Waals surface area contributed by atoms with Crippen LogP contribution < -0.4 is 0 Å². The van der Waals surface area contributed by atoms with Gasteiger partial charge in [-0.1, -0.05) is 36.4 Å². The van der Waals surface area contributed by atoms with Crippen molar-refractivity contribution in [3.8, 4) is 0 Å². The number of methoxy groups -OCH3 is 1. The molecule has 0 saturated heterocycles. The molecule has 4 nitrogen and oxygen atoms in total. The van der Waals surface area contributed by atoms with E-state index < -0.39 is 5.97 Å². The van der Waals surface area contributed by atoms with Crippen LogP contribution in [-0.2, 0) is 9.53 Å². The molecular formula is C16H17NO3. The van der Waals surface area contributed by atoms with E-state index in [4.69, 9.17) is 4.74 Å². The third-order valence-corrected chi connectivity index (χ3v) is 2.96. The summed E-state index contributed by atoms with van der Waals surface area (Å²) in [7, 11) is 2.81. The van der Waals surface area contributed by atoms with Crippen LogP contribution in [0.3, 0.4) is 0 Å². The van der Waals surface area contributed by atoms with Gasteiger partial charge in [0.2, 0.25) is 0 Å². The molecule has 0 aliphatic rings. The van der Waals surface area contributed by atoms with E-state index in [9.17, 15) is 10.0 Å². The number of esters is 1. The number of nitrogens with zero attached hydrogens (tertiary/aromatic N) is 1. The van der Waals surface area contributed by atoms with Gasteiger partial charge in [0.25, 0.3) is 0 Å². The van der Waals surface area contributed by atoms with Gasteiger partial charge in [0.05, 0.1) is 19.2 Å². The largest absolute Gasteiger partial charge is 0.466 e. The number of hydrogen-bond donors (Lipinski definition) is 1. The summed E-state index contributed by atoms with van der Waals surface area (Å²) >= 11 is 0. The van der Waals surface area contributed by atoms with Gasteiger partial charge in [0.1, 0.15) is 0 Å². The summed E-state index contributed by atoms with van der Waals surface area (Å²) in [4.78, 5) is 11.7. The molecule has 0 unspecified atom stereocenters. The standard InChI is InChI=1S/C16H17NO3/c1-17(19)11-15(16(18)20-2)10-12-7-8-13-5-3-4-6-14(13)9-12/h3-10,19H,11H2,1-2H3/b15-10+. The minimum absolute atomic E-state index is 0.111. The Morgan fingerprint density at radius 3 is 2.60 bits per heavy atom. The van der Waals surface area contributed by atoms with Crippen LogP contribution in [0.1, 0.15) is 5.56 Å². The van der Waals surface area contributed by atoms with Crippen LogP contribution in [0.4, 0.5) is 0 Å². The molecule has 104 valence electrons. The second kappa shape index (κ2) is 6.32. The highest BCUT2D eigenvalue weighted by atomic mass is 16.5. The predicted octanol–water partition coefficient (Wildman–Crippen LogP) is 2.72. The van der Waals surface area contributed by atoms with Crippen molar-refractivity contribution in [3.63, 3.8) is 0 Å². The maximum absolute atomic E-state index is 11.7. The zero-order valence-corrected chi connectivity index (χ0v) is 11.5. The van der Waals surface area contributed by atoms with Gasteiger partial charge >= 0.3 is 5.97 Å².